The number of hydrogen-bond donors (Lipinski definition) is 1. The van der Waals surface area contributed by atoms with E-state index >= 15 is 0 Å². The largest absolute Gasteiger partial charge is 0.446 e. The van der Waals surface area contributed by atoms with Crippen molar-refractivity contribution in [2.24, 2.45) is 0 Å². The van der Waals surface area contributed by atoms with Gasteiger partial charge in [-0.15, -0.1) is 0 Å². The predicted molar refractivity (Wildman–Crippen MR) is 102 cm³/mol. The van der Waals surface area contributed by atoms with E-state index in [0.717, 1.165) is 12.1 Å². The van der Waals surface area contributed by atoms with Gasteiger partial charge >= 0.3 is 12.0 Å². The molecule has 1 amide bonds. The summed E-state index contributed by atoms with van der Waals surface area (Å²) < 4.78 is 4.96. The number of Topliss-reactive ketones (excluding diaryl/α,β-unsaturated/α-hetero) is 1. The summed E-state index contributed by atoms with van der Waals surface area (Å²) in [5, 5.41) is 23.7. The molecule has 0 aromatic heterocycles. The van der Waals surface area contributed by atoms with Gasteiger partial charge in [0.05, 0.1) is 26.2 Å². The molecule has 3 rings (SSSR count). The molecule has 30 heavy (non-hydrogen) atoms. The van der Waals surface area contributed by atoms with Crippen LogP contribution in [0.15, 0.2) is 36.4 Å². The molecule has 1 aliphatic heterocycles. The summed E-state index contributed by atoms with van der Waals surface area (Å²) in [4.78, 5) is 57.4. The number of amides is 1. The van der Waals surface area contributed by atoms with Crippen LogP contribution in [0.5, 0.6) is 0 Å². The lowest BCUT2D eigenvalue weighted by Gasteiger charge is -2.15. The van der Waals surface area contributed by atoms with Crippen LogP contribution in [0.25, 0.3) is 0 Å². The molecule has 0 spiro atoms. The average Bonchev–Trinajstić information content (AvgIpc) is 3.00. The van der Waals surface area contributed by atoms with Crippen molar-refractivity contribution in [3.8, 4) is 0 Å². The summed E-state index contributed by atoms with van der Waals surface area (Å²) in [6.45, 7) is 0. The number of anilines is 1. The van der Waals surface area contributed by atoms with E-state index in [1.165, 1.54) is 24.3 Å². The minimum atomic E-state index is -2.23. The Morgan fingerprint density at radius 2 is 1.70 bits per heavy atom. The van der Waals surface area contributed by atoms with Gasteiger partial charge < -0.3 is 10.1 Å². The Balaban J connectivity index is 1.89. The maximum absolute atomic E-state index is 12.6. The highest BCUT2D eigenvalue weighted by molar-refractivity contribution is 6.46. The minimum absolute atomic E-state index is 0.0454. The minimum Gasteiger partial charge on any atom is -0.446 e. The number of halogens is 2. The lowest BCUT2D eigenvalue weighted by Crippen LogP contribution is -2.42. The van der Waals surface area contributed by atoms with Crippen molar-refractivity contribution in [3.63, 3.8) is 0 Å². The molecular formula is C17H9Cl2N3O8. The molecule has 0 saturated heterocycles. The molecule has 11 nitrogen and oxygen atoms in total. The third-order valence-corrected chi connectivity index (χ3v) is 4.80. The van der Waals surface area contributed by atoms with E-state index in [4.69, 9.17) is 27.9 Å². The molecular weight excluding hydrogens is 445 g/mol. The molecule has 0 fully saturated rings. The van der Waals surface area contributed by atoms with E-state index in [-0.39, 0.29) is 26.9 Å². The number of hydrogen-bond acceptors (Lipinski definition) is 8. The Morgan fingerprint density at radius 1 is 1.10 bits per heavy atom. The maximum atomic E-state index is 12.6. The van der Waals surface area contributed by atoms with Gasteiger partial charge in [0.15, 0.2) is 0 Å². The third-order valence-electron chi connectivity index (χ3n) is 4.20. The molecule has 154 valence electrons. The summed E-state index contributed by atoms with van der Waals surface area (Å²) >= 11 is 11.7. The number of fused-ring (bicyclic) bond motifs is 1. The Labute approximate surface area is 176 Å². The lowest BCUT2D eigenvalue weighted by molar-refractivity contribution is -0.518. The number of carbonyl (C=O) groups is 3. The number of nitro benzene ring substituents is 1. The average molecular weight is 454 g/mol. The summed E-state index contributed by atoms with van der Waals surface area (Å²) in [6, 6.07) is 5.28. The van der Waals surface area contributed by atoms with Gasteiger partial charge in [-0.05, 0) is 6.07 Å². The van der Waals surface area contributed by atoms with Crippen LogP contribution in [0, 0.1) is 20.2 Å². The van der Waals surface area contributed by atoms with Gasteiger partial charge in [0.25, 0.3) is 17.4 Å². The van der Waals surface area contributed by atoms with Crippen molar-refractivity contribution in [1.29, 1.82) is 0 Å². The zero-order chi connectivity index (χ0) is 22.2. The topological polar surface area (TPSA) is 159 Å². The van der Waals surface area contributed by atoms with Crippen molar-refractivity contribution < 1.29 is 29.0 Å². The van der Waals surface area contributed by atoms with E-state index < -0.39 is 45.3 Å². The first-order valence-electron chi connectivity index (χ1n) is 8.04. The molecule has 2 aromatic carbocycles. The van der Waals surface area contributed by atoms with E-state index in [1.807, 2.05) is 5.32 Å². The summed E-state index contributed by atoms with van der Waals surface area (Å²) in [5.41, 5.74) is -0.666. The molecule has 2 aromatic rings. The molecule has 1 aliphatic rings. The first kappa shape index (κ1) is 21.1. The number of ether oxygens (including phenoxy) is 1. The molecule has 0 bridgehead atoms. The van der Waals surface area contributed by atoms with E-state index in [9.17, 15) is 34.6 Å². The Bertz CT molecular complexity index is 1100. The summed E-state index contributed by atoms with van der Waals surface area (Å²) in [6.07, 6.45) is -1.61. The number of nitrogens with zero attached hydrogens (tertiary/aromatic N) is 2. The van der Waals surface area contributed by atoms with Crippen LogP contribution in [-0.2, 0) is 14.3 Å². The Hall–Kier alpha value is -3.57. The van der Waals surface area contributed by atoms with Gasteiger partial charge in [0.1, 0.15) is 0 Å². The van der Waals surface area contributed by atoms with Gasteiger partial charge in [-0.1, -0.05) is 41.4 Å². The van der Waals surface area contributed by atoms with E-state index in [2.05, 4.69) is 0 Å². The second-order valence-corrected chi connectivity index (χ2v) is 6.82. The number of esters is 1. The fourth-order valence-electron chi connectivity index (χ4n) is 2.85. The number of non-ortho nitro benzene ring substituents is 1. The van der Waals surface area contributed by atoms with E-state index in [0.29, 0.717) is 0 Å². The lowest BCUT2D eigenvalue weighted by atomic mass is 9.97. The predicted octanol–water partition coefficient (Wildman–Crippen LogP) is 2.97. The normalized spacial score (nSPS) is 15.7. The number of ketones is 1. The van der Waals surface area contributed by atoms with Crippen LogP contribution in [0.3, 0.4) is 0 Å². The van der Waals surface area contributed by atoms with E-state index in [1.54, 1.807) is 0 Å². The number of rotatable bonds is 6. The van der Waals surface area contributed by atoms with Crippen LogP contribution >= 0.6 is 23.2 Å². The molecule has 0 unspecified atom stereocenters. The fourth-order valence-corrected chi connectivity index (χ4v) is 3.42. The quantitative estimate of drug-likeness (QED) is 0.302. The molecule has 0 radical (unpaired) electrons. The second-order valence-electron chi connectivity index (χ2n) is 6.00. The van der Waals surface area contributed by atoms with Crippen LogP contribution < -0.4 is 5.32 Å². The van der Waals surface area contributed by atoms with Gasteiger partial charge in [0.2, 0.25) is 6.10 Å². The first-order valence-corrected chi connectivity index (χ1v) is 8.79. The third kappa shape index (κ3) is 3.80. The number of benzene rings is 2. The number of cyclic esters (lactones) is 1. The molecule has 1 N–H and O–H groups in total. The smallest absolute Gasteiger partial charge is 0.339 e. The highest BCUT2D eigenvalue weighted by atomic mass is 35.5. The maximum Gasteiger partial charge on any atom is 0.339 e. The standard InChI is InChI=1S/C17H9Cl2N3O8/c18-10-5-7(21(26)27)6-11(19)12(10)20-16(24)14(23)13(22(28)29)15-8-3-1-2-4-9(8)17(25)30-15/h1-6,13,15H,(H,20,24)/t13-,15+/m0/s1. The summed E-state index contributed by atoms with van der Waals surface area (Å²) in [7, 11) is 0. The van der Waals surface area contributed by atoms with Gasteiger partial charge in [-0.3, -0.25) is 29.8 Å². The zero-order valence-electron chi connectivity index (χ0n) is 14.5. The number of nitro groups is 2. The van der Waals surface area contributed by atoms with Crippen molar-refractivity contribution >= 4 is 52.2 Å². The monoisotopic (exact) mass is 453 g/mol. The first-order chi connectivity index (χ1) is 14.1. The van der Waals surface area contributed by atoms with Crippen molar-refractivity contribution in [1.82, 2.24) is 0 Å². The molecule has 0 saturated carbocycles. The van der Waals surface area contributed by atoms with Crippen molar-refractivity contribution in [3.05, 3.63) is 77.8 Å². The highest BCUT2D eigenvalue weighted by Crippen LogP contribution is 2.36. The van der Waals surface area contributed by atoms with Crippen molar-refractivity contribution in [2.45, 2.75) is 12.1 Å². The number of carbonyl (C=O) groups excluding carboxylic acids is 3. The van der Waals surface area contributed by atoms with Gasteiger partial charge in [-0.25, -0.2) is 4.79 Å². The van der Waals surface area contributed by atoms with Gasteiger partial charge in [0, 0.05) is 22.6 Å². The van der Waals surface area contributed by atoms with Crippen LogP contribution in [0.2, 0.25) is 10.0 Å². The Kier molecular flexibility index (Phi) is 5.67. The van der Waals surface area contributed by atoms with Crippen LogP contribution in [-0.4, -0.2) is 33.5 Å². The SMILES string of the molecule is O=C(Nc1c(Cl)cc([N+](=O)[O-])cc1Cl)C(=O)[C@@H]([C@@H]1OC(=O)c2ccccc21)[N+](=O)[O-]. The summed E-state index contributed by atoms with van der Waals surface area (Å²) in [5.74, 6) is -3.85. The highest BCUT2D eigenvalue weighted by Gasteiger charge is 2.49. The molecule has 0 aliphatic carbocycles. The molecule has 1 heterocycles. The van der Waals surface area contributed by atoms with Crippen molar-refractivity contribution in [2.75, 3.05) is 5.32 Å². The van der Waals surface area contributed by atoms with Gasteiger partial charge in [-0.2, -0.15) is 0 Å². The fraction of sp³-hybridized carbons (Fsp3) is 0.118. The molecule has 13 heteroatoms. The number of nitrogens with one attached hydrogen (secondary N) is 1. The van der Waals surface area contributed by atoms with Crippen LogP contribution in [0.1, 0.15) is 22.0 Å². The Morgan fingerprint density at radius 3 is 2.27 bits per heavy atom. The molecule has 2 atom stereocenters. The zero-order valence-corrected chi connectivity index (χ0v) is 16.0. The second kappa shape index (κ2) is 8.05. The van der Waals surface area contributed by atoms with Crippen LogP contribution in [0.4, 0.5) is 11.4 Å².